The van der Waals surface area contributed by atoms with E-state index in [0.29, 0.717) is 19.0 Å². The predicted octanol–water partition coefficient (Wildman–Crippen LogP) is 1.43. The molecule has 0 spiro atoms. The highest BCUT2D eigenvalue weighted by Crippen LogP contribution is 2.41. The number of amides is 1. The van der Waals surface area contributed by atoms with E-state index in [1.165, 1.54) is 6.07 Å². The lowest BCUT2D eigenvalue weighted by molar-refractivity contribution is -0.125. The van der Waals surface area contributed by atoms with E-state index in [1.54, 1.807) is 6.07 Å². The number of halogens is 1. The molecule has 1 saturated carbocycles. The number of fused-ring (bicyclic) bond motifs is 1. The second-order valence-electron chi connectivity index (χ2n) is 6.08. The Morgan fingerprint density at radius 1 is 1.52 bits per heavy atom. The summed E-state index contributed by atoms with van der Waals surface area (Å²) in [6.45, 7) is 4.02. The van der Waals surface area contributed by atoms with Gasteiger partial charge in [0.15, 0.2) is 0 Å². The van der Waals surface area contributed by atoms with Crippen molar-refractivity contribution in [1.82, 2.24) is 5.32 Å². The van der Waals surface area contributed by atoms with Gasteiger partial charge in [0.25, 0.3) is 0 Å². The molecule has 1 aromatic rings. The summed E-state index contributed by atoms with van der Waals surface area (Å²) < 4.78 is 13.5. The maximum absolute atomic E-state index is 13.5. The van der Waals surface area contributed by atoms with Gasteiger partial charge in [-0.25, -0.2) is 4.39 Å². The topological polar surface area (TPSA) is 58.4 Å². The lowest BCUT2D eigenvalue weighted by Gasteiger charge is -2.36. The van der Waals surface area contributed by atoms with E-state index in [9.17, 15) is 9.18 Å². The molecule has 4 nitrogen and oxygen atoms in total. The molecular formula is C16H22FN3O. The summed E-state index contributed by atoms with van der Waals surface area (Å²) in [4.78, 5) is 14.2. The average Bonchev–Trinajstić information content (AvgIpc) is 3.22. The number of carbonyl (C=O) groups is 1. The van der Waals surface area contributed by atoms with Crippen molar-refractivity contribution in [2.24, 2.45) is 11.7 Å². The zero-order valence-corrected chi connectivity index (χ0v) is 12.4. The Morgan fingerprint density at radius 2 is 2.29 bits per heavy atom. The van der Waals surface area contributed by atoms with Crippen LogP contribution >= 0.6 is 0 Å². The Labute approximate surface area is 124 Å². The van der Waals surface area contributed by atoms with Crippen LogP contribution in [0.15, 0.2) is 18.2 Å². The van der Waals surface area contributed by atoms with E-state index in [2.05, 4.69) is 10.2 Å². The zero-order valence-electron chi connectivity index (χ0n) is 12.4. The van der Waals surface area contributed by atoms with Crippen molar-refractivity contribution in [1.29, 1.82) is 0 Å². The number of rotatable bonds is 6. The van der Waals surface area contributed by atoms with Gasteiger partial charge in [-0.05, 0) is 49.4 Å². The number of nitrogens with two attached hydrogens (primary N) is 1. The summed E-state index contributed by atoms with van der Waals surface area (Å²) >= 11 is 0. The van der Waals surface area contributed by atoms with Gasteiger partial charge in [0.2, 0.25) is 5.91 Å². The molecule has 1 aromatic carbocycles. The molecule has 1 amide bonds. The van der Waals surface area contributed by atoms with Gasteiger partial charge in [-0.1, -0.05) is 13.0 Å². The van der Waals surface area contributed by atoms with E-state index in [4.69, 9.17) is 5.73 Å². The maximum atomic E-state index is 13.5. The first kappa shape index (κ1) is 14.3. The highest BCUT2D eigenvalue weighted by molar-refractivity contribution is 5.86. The number of nitrogens with one attached hydrogen (secondary N) is 1. The first-order valence-corrected chi connectivity index (χ1v) is 7.65. The van der Waals surface area contributed by atoms with Crippen molar-refractivity contribution in [2.45, 2.75) is 31.7 Å². The molecule has 1 atom stereocenters. The third-order valence-corrected chi connectivity index (χ3v) is 4.69. The molecule has 2 aliphatic rings. The fourth-order valence-corrected chi connectivity index (χ4v) is 3.47. The van der Waals surface area contributed by atoms with Crippen LogP contribution in [0.5, 0.6) is 0 Å². The highest BCUT2D eigenvalue weighted by Gasteiger charge is 2.50. The molecule has 1 unspecified atom stereocenters. The zero-order chi connectivity index (χ0) is 15.0. The van der Waals surface area contributed by atoms with Crippen molar-refractivity contribution >= 4 is 11.6 Å². The number of nitrogens with zero attached hydrogens (tertiary/aromatic N) is 1. The molecule has 0 bridgehead atoms. The Morgan fingerprint density at radius 3 is 2.90 bits per heavy atom. The van der Waals surface area contributed by atoms with Crippen molar-refractivity contribution in [3.05, 3.63) is 29.6 Å². The van der Waals surface area contributed by atoms with Crippen LogP contribution in [-0.4, -0.2) is 31.1 Å². The Kier molecular flexibility index (Phi) is 3.61. The number of likely N-dealkylation sites (N-methyl/N-ethyl adjacent to an activating group) is 1. The van der Waals surface area contributed by atoms with Gasteiger partial charge in [-0.2, -0.15) is 0 Å². The first-order chi connectivity index (χ1) is 10.1. The SMILES string of the molecule is CCNC(CN1CCc2ccc(F)cc21)(C(N)=O)C1CC1. The Bertz CT molecular complexity index is 558. The first-order valence-electron chi connectivity index (χ1n) is 7.65. The number of anilines is 1. The molecule has 1 aliphatic heterocycles. The smallest absolute Gasteiger partial charge is 0.239 e. The fourth-order valence-electron chi connectivity index (χ4n) is 3.47. The minimum absolute atomic E-state index is 0.236. The van der Waals surface area contributed by atoms with Crippen LogP contribution in [0.1, 0.15) is 25.3 Å². The quantitative estimate of drug-likeness (QED) is 0.833. The van der Waals surface area contributed by atoms with Gasteiger partial charge >= 0.3 is 0 Å². The molecule has 3 N–H and O–H groups in total. The second kappa shape index (κ2) is 5.30. The number of benzene rings is 1. The van der Waals surface area contributed by atoms with E-state index < -0.39 is 5.54 Å². The molecule has 5 heteroatoms. The van der Waals surface area contributed by atoms with E-state index in [0.717, 1.165) is 37.1 Å². The summed E-state index contributed by atoms with van der Waals surface area (Å²) in [7, 11) is 0. The summed E-state index contributed by atoms with van der Waals surface area (Å²) in [5.41, 5.74) is 7.08. The monoisotopic (exact) mass is 291 g/mol. The van der Waals surface area contributed by atoms with Gasteiger partial charge in [0.1, 0.15) is 11.4 Å². The van der Waals surface area contributed by atoms with Crippen molar-refractivity contribution in [3.63, 3.8) is 0 Å². The Balaban J connectivity index is 1.88. The van der Waals surface area contributed by atoms with Gasteiger partial charge in [0.05, 0.1) is 0 Å². The van der Waals surface area contributed by atoms with E-state index in [1.807, 2.05) is 13.0 Å². The van der Waals surface area contributed by atoms with Crippen molar-refractivity contribution in [3.8, 4) is 0 Å². The van der Waals surface area contributed by atoms with Gasteiger partial charge in [0, 0.05) is 18.8 Å². The second-order valence-corrected chi connectivity index (χ2v) is 6.08. The van der Waals surface area contributed by atoms with Gasteiger partial charge < -0.3 is 16.0 Å². The number of hydrogen-bond acceptors (Lipinski definition) is 3. The lowest BCUT2D eigenvalue weighted by Crippen LogP contribution is -2.63. The lowest BCUT2D eigenvalue weighted by atomic mass is 9.91. The largest absolute Gasteiger partial charge is 0.368 e. The minimum atomic E-state index is -0.692. The maximum Gasteiger partial charge on any atom is 0.239 e. The highest BCUT2D eigenvalue weighted by atomic mass is 19.1. The van der Waals surface area contributed by atoms with Crippen molar-refractivity contribution in [2.75, 3.05) is 24.5 Å². The molecule has 0 aromatic heterocycles. The molecule has 1 aliphatic carbocycles. The van der Waals surface area contributed by atoms with E-state index in [-0.39, 0.29) is 11.7 Å². The summed E-state index contributed by atoms with van der Waals surface area (Å²) in [6.07, 6.45) is 2.95. The standard InChI is InChI=1S/C16H22FN3O/c1-2-19-16(15(18)21,12-4-5-12)10-20-8-7-11-3-6-13(17)9-14(11)20/h3,6,9,12,19H,2,4-5,7-8,10H2,1H3,(H2,18,21). The summed E-state index contributed by atoms with van der Waals surface area (Å²) in [6, 6.07) is 4.89. The Hall–Kier alpha value is -1.62. The van der Waals surface area contributed by atoms with Gasteiger partial charge in [-0.3, -0.25) is 4.79 Å². The molecule has 1 fully saturated rings. The third kappa shape index (κ3) is 2.50. The third-order valence-electron chi connectivity index (χ3n) is 4.69. The van der Waals surface area contributed by atoms with Crippen LogP contribution in [0.2, 0.25) is 0 Å². The van der Waals surface area contributed by atoms with Crippen molar-refractivity contribution < 1.29 is 9.18 Å². The average molecular weight is 291 g/mol. The normalized spacial score (nSPS) is 20.2. The van der Waals surface area contributed by atoms with Crippen LogP contribution < -0.4 is 16.0 Å². The van der Waals surface area contributed by atoms with Crippen LogP contribution in [0.25, 0.3) is 0 Å². The molecule has 21 heavy (non-hydrogen) atoms. The van der Waals surface area contributed by atoms with E-state index >= 15 is 0 Å². The summed E-state index contributed by atoms with van der Waals surface area (Å²) in [5.74, 6) is -0.232. The minimum Gasteiger partial charge on any atom is -0.368 e. The molecule has 0 saturated heterocycles. The van der Waals surface area contributed by atoms with Crippen LogP contribution in [0, 0.1) is 11.7 Å². The number of hydrogen-bond donors (Lipinski definition) is 2. The molecule has 114 valence electrons. The fraction of sp³-hybridized carbons (Fsp3) is 0.562. The molecule has 3 rings (SSSR count). The molecule has 1 heterocycles. The van der Waals surface area contributed by atoms with Gasteiger partial charge in [-0.15, -0.1) is 0 Å². The van der Waals surface area contributed by atoms with Crippen LogP contribution in [-0.2, 0) is 11.2 Å². The summed E-state index contributed by atoms with van der Waals surface area (Å²) in [5, 5.41) is 3.32. The predicted molar refractivity (Wildman–Crippen MR) is 80.6 cm³/mol. The van der Waals surface area contributed by atoms with Crippen LogP contribution in [0.4, 0.5) is 10.1 Å². The molecule has 0 radical (unpaired) electrons. The van der Waals surface area contributed by atoms with Crippen LogP contribution in [0.3, 0.4) is 0 Å². The molecular weight excluding hydrogens is 269 g/mol. The number of carbonyl (C=O) groups excluding carboxylic acids is 1. The number of primary amides is 1.